The second kappa shape index (κ2) is 13.2. The standard InChI is InChI=1S/C25H29F5O4/c1-3-5-6-7-8-18(25(28,29)30)15-16-33-24(31)34-19-11-9-17(10-12-19)20-13-14-21(32-4-2)23(27)22(20)26/h9-14,18H,3-8,15-16H2,1-2H3. The van der Waals surface area contributed by atoms with Gasteiger partial charge in [-0.3, -0.25) is 0 Å². The number of benzene rings is 2. The average molecular weight is 488 g/mol. The highest BCUT2D eigenvalue weighted by Crippen LogP contribution is 2.33. The van der Waals surface area contributed by atoms with E-state index in [1.54, 1.807) is 6.92 Å². The molecule has 0 aromatic heterocycles. The van der Waals surface area contributed by atoms with Gasteiger partial charge in [0.15, 0.2) is 11.6 Å². The molecule has 2 aromatic carbocycles. The molecular weight excluding hydrogens is 459 g/mol. The van der Waals surface area contributed by atoms with Gasteiger partial charge in [-0.05, 0) is 49.6 Å². The molecule has 0 fully saturated rings. The number of alkyl halides is 3. The summed E-state index contributed by atoms with van der Waals surface area (Å²) in [5.74, 6) is -3.87. The molecule has 34 heavy (non-hydrogen) atoms. The Morgan fingerprint density at radius 1 is 0.912 bits per heavy atom. The molecule has 2 aromatic rings. The van der Waals surface area contributed by atoms with Crippen LogP contribution < -0.4 is 9.47 Å². The first-order chi connectivity index (χ1) is 16.2. The van der Waals surface area contributed by atoms with Crippen LogP contribution in [0.15, 0.2) is 36.4 Å². The fraction of sp³-hybridized carbons (Fsp3) is 0.480. The van der Waals surface area contributed by atoms with E-state index >= 15 is 0 Å². The summed E-state index contributed by atoms with van der Waals surface area (Å²) in [6.07, 6.45) is -2.84. The Balaban J connectivity index is 1.89. The van der Waals surface area contributed by atoms with Gasteiger partial charge < -0.3 is 14.2 Å². The van der Waals surface area contributed by atoms with E-state index in [1.165, 1.54) is 36.4 Å². The molecule has 1 atom stereocenters. The molecule has 0 bridgehead atoms. The molecular formula is C25H29F5O4. The van der Waals surface area contributed by atoms with Crippen LogP contribution in [0.1, 0.15) is 52.4 Å². The van der Waals surface area contributed by atoms with Crippen molar-refractivity contribution >= 4 is 6.16 Å². The van der Waals surface area contributed by atoms with Crippen molar-refractivity contribution in [3.05, 3.63) is 48.0 Å². The molecule has 4 nitrogen and oxygen atoms in total. The number of carbonyl (C=O) groups excluding carboxylic acids is 1. The third kappa shape index (κ3) is 8.18. The van der Waals surface area contributed by atoms with Crippen LogP contribution in [0.2, 0.25) is 0 Å². The summed E-state index contributed by atoms with van der Waals surface area (Å²) in [6.45, 7) is 3.39. The second-order valence-corrected chi connectivity index (χ2v) is 7.77. The Bertz CT molecular complexity index is 913. The van der Waals surface area contributed by atoms with Gasteiger partial charge in [0.05, 0.1) is 19.1 Å². The highest BCUT2D eigenvalue weighted by atomic mass is 19.4. The van der Waals surface area contributed by atoms with Crippen molar-refractivity contribution in [3.63, 3.8) is 0 Å². The lowest BCUT2D eigenvalue weighted by atomic mass is 9.97. The summed E-state index contributed by atoms with van der Waals surface area (Å²) < 4.78 is 82.7. The SMILES string of the molecule is CCCCCCC(CCOC(=O)Oc1ccc(-c2ccc(OCC)c(F)c2F)cc1)C(F)(F)F. The predicted molar refractivity (Wildman–Crippen MR) is 118 cm³/mol. The van der Waals surface area contributed by atoms with Crippen molar-refractivity contribution in [1.82, 2.24) is 0 Å². The van der Waals surface area contributed by atoms with E-state index in [9.17, 15) is 26.7 Å². The first-order valence-electron chi connectivity index (χ1n) is 11.3. The molecule has 0 saturated carbocycles. The van der Waals surface area contributed by atoms with Gasteiger partial charge >= 0.3 is 12.3 Å². The van der Waals surface area contributed by atoms with Crippen LogP contribution in [0.3, 0.4) is 0 Å². The average Bonchev–Trinajstić information content (AvgIpc) is 2.79. The first kappa shape index (κ1) is 27.4. The number of carbonyl (C=O) groups is 1. The lowest BCUT2D eigenvalue weighted by molar-refractivity contribution is -0.180. The van der Waals surface area contributed by atoms with Gasteiger partial charge in [-0.1, -0.05) is 44.7 Å². The first-order valence-corrected chi connectivity index (χ1v) is 11.3. The Morgan fingerprint density at radius 3 is 2.24 bits per heavy atom. The summed E-state index contributed by atoms with van der Waals surface area (Å²) >= 11 is 0. The molecule has 0 radical (unpaired) electrons. The number of halogens is 5. The lowest BCUT2D eigenvalue weighted by Crippen LogP contribution is -2.25. The molecule has 188 valence electrons. The zero-order valence-corrected chi connectivity index (χ0v) is 19.2. The Hall–Kier alpha value is -2.84. The third-order valence-electron chi connectivity index (χ3n) is 5.27. The van der Waals surface area contributed by atoms with Gasteiger partial charge in [0, 0.05) is 5.56 Å². The molecule has 0 saturated heterocycles. The van der Waals surface area contributed by atoms with E-state index in [4.69, 9.17) is 14.2 Å². The van der Waals surface area contributed by atoms with Crippen molar-refractivity contribution in [1.29, 1.82) is 0 Å². The van der Waals surface area contributed by atoms with Crippen LogP contribution in [0.4, 0.5) is 26.7 Å². The number of unbranched alkanes of at least 4 members (excludes halogenated alkanes) is 3. The normalized spacial score (nSPS) is 12.3. The zero-order chi connectivity index (χ0) is 25.1. The van der Waals surface area contributed by atoms with Crippen LogP contribution in [0.25, 0.3) is 11.1 Å². The smallest absolute Gasteiger partial charge is 0.491 e. The van der Waals surface area contributed by atoms with E-state index in [0.717, 1.165) is 19.3 Å². The minimum absolute atomic E-state index is 0.00721. The van der Waals surface area contributed by atoms with Crippen molar-refractivity contribution in [2.45, 2.75) is 58.5 Å². The number of hydrogen-bond donors (Lipinski definition) is 0. The second-order valence-electron chi connectivity index (χ2n) is 7.77. The summed E-state index contributed by atoms with van der Waals surface area (Å²) in [5.41, 5.74) is 0.323. The van der Waals surface area contributed by atoms with E-state index in [2.05, 4.69) is 0 Å². The van der Waals surface area contributed by atoms with Gasteiger partial charge in [0.1, 0.15) is 5.75 Å². The van der Waals surface area contributed by atoms with Gasteiger partial charge in [0.25, 0.3) is 0 Å². The number of hydrogen-bond acceptors (Lipinski definition) is 4. The molecule has 0 amide bonds. The van der Waals surface area contributed by atoms with E-state index in [0.29, 0.717) is 12.0 Å². The van der Waals surface area contributed by atoms with E-state index in [-0.39, 0.29) is 36.5 Å². The quantitative estimate of drug-likeness (QED) is 0.131. The van der Waals surface area contributed by atoms with Crippen LogP contribution >= 0.6 is 0 Å². The summed E-state index contributed by atoms with van der Waals surface area (Å²) in [5, 5.41) is 0. The molecule has 0 heterocycles. The topological polar surface area (TPSA) is 44.8 Å². The summed E-state index contributed by atoms with van der Waals surface area (Å²) in [6, 6.07) is 8.20. The lowest BCUT2D eigenvalue weighted by Gasteiger charge is -2.20. The van der Waals surface area contributed by atoms with Crippen LogP contribution in [0.5, 0.6) is 11.5 Å². The minimum Gasteiger partial charge on any atom is -0.491 e. The molecule has 0 spiro atoms. The fourth-order valence-electron chi connectivity index (χ4n) is 3.42. The van der Waals surface area contributed by atoms with Crippen LogP contribution in [0, 0.1) is 17.6 Å². The molecule has 0 aliphatic carbocycles. The molecule has 0 N–H and O–H groups in total. The zero-order valence-electron chi connectivity index (χ0n) is 19.2. The predicted octanol–water partition coefficient (Wildman–Crippen LogP) is 8.08. The Kier molecular flexibility index (Phi) is 10.6. The molecule has 0 aliphatic rings. The molecule has 1 unspecified atom stereocenters. The molecule has 9 heteroatoms. The van der Waals surface area contributed by atoms with E-state index < -0.39 is 36.5 Å². The van der Waals surface area contributed by atoms with Crippen LogP contribution in [-0.2, 0) is 4.74 Å². The van der Waals surface area contributed by atoms with Gasteiger partial charge in [-0.2, -0.15) is 17.6 Å². The van der Waals surface area contributed by atoms with Gasteiger partial charge in [-0.25, -0.2) is 9.18 Å². The van der Waals surface area contributed by atoms with Gasteiger partial charge in [-0.15, -0.1) is 0 Å². The van der Waals surface area contributed by atoms with Crippen molar-refractivity contribution in [2.24, 2.45) is 5.92 Å². The van der Waals surface area contributed by atoms with Crippen molar-refractivity contribution in [3.8, 4) is 22.6 Å². The Labute approximate surface area is 196 Å². The minimum atomic E-state index is -4.36. The van der Waals surface area contributed by atoms with Crippen LogP contribution in [-0.4, -0.2) is 25.5 Å². The maximum Gasteiger partial charge on any atom is 0.513 e. The summed E-state index contributed by atoms with van der Waals surface area (Å²) in [7, 11) is 0. The monoisotopic (exact) mass is 488 g/mol. The third-order valence-corrected chi connectivity index (χ3v) is 5.27. The largest absolute Gasteiger partial charge is 0.513 e. The maximum atomic E-state index is 14.3. The highest BCUT2D eigenvalue weighted by molar-refractivity contribution is 5.68. The van der Waals surface area contributed by atoms with Gasteiger partial charge in [0.2, 0.25) is 5.82 Å². The summed E-state index contributed by atoms with van der Waals surface area (Å²) in [4.78, 5) is 11.8. The fourth-order valence-corrected chi connectivity index (χ4v) is 3.42. The van der Waals surface area contributed by atoms with Crippen molar-refractivity contribution < 1.29 is 41.0 Å². The number of rotatable bonds is 12. The molecule has 0 aliphatic heterocycles. The number of ether oxygens (including phenoxy) is 3. The van der Waals surface area contributed by atoms with E-state index in [1.807, 2.05) is 6.92 Å². The Morgan fingerprint density at radius 2 is 1.62 bits per heavy atom. The highest BCUT2D eigenvalue weighted by Gasteiger charge is 2.38. The molecule has 2 rings (SSSR count). The van der Waals surface area contributed by atoms with Crippen molar-refractivity contribution in [2.75, 3.05) is 13.2 Å². The maximum absolute atomic E-state index is 14.3.